The van der Waals surface area contributed by atoms with E-state index < -0.39 is 18.2 Å². The topological polar surface area (TPSA) is 78.9 Å². The van der Waals surface area contributed by atoms with Crippen molar-refractivity contribution in [3.63, 3.8) is 0 Å². The molecule has 2 atom stereocenters. The van der Waals surface area contributed by atoms with Crippen molar-refractivity contribution in [2.24, 2.45) is 0 Å². The van der Waals surface area contributed by atoms with Crippen LogP contribution in [0.25, 0.3) is 0 Å². The minimum atomic E-state index is -1.05. The predicted molar refractivity (Wildman–Crippen MR) is 82.4 cm³/mol. The summed E-state index contributed by atoms with van der Waals surface area (Å²) in [6.07, 6.45) is -1.54. The van der Waals surface area contributed by atoms with Gasteiger partial charge in [0.15, 0.2) is 0 Å². The van der Waals surface area contributed by atoms with E-state index in [1.807, 2.05) is 0 Å². The summed E-state index contributed by atoms with van der Waals surface area (Å²) in [5.41, 5.74) is 0.736. The molecule has 1 saturated heterocycles. The first-order chi connectivity index (χ1) is 10.4. The minimum Gasteiger partial charge on any atom is -0.465 e. The predicted octanol–water partition coefficient (Wildman–Crippen LogP) is 2.55. The average Bonchev–Trinajstić information content (AvgIpc) is 2.64. The maximum atomic E-state index is 11.4. The highest BCUT2D eigenvalue weighted by Crippen LogP contribution is 2.30. The van der Waals surface area contributed by atoms with Crippen LogP contribution in [0, 0.1) is 0 Å². The van der Waals surface area contributed by atoms with Crippen LogP contribution in [0.3, 0.4) is 0 Å². The first-order valence-corrected chi connectivity index (χ1v) is 7.45. The van der Waals surface area contributed by atoms with Gasteiger partial charge in [-0.3, -0.25) is 4.79 Å². The van der Waals surface area contributed by atoms with Crippen LogP contribution in [-0.4, -0.2) is 47.7 Å². The lowest BCUT2D eigenvalue weighted by molar-refractivity contribution is -0.120. The number of carbonyl (C=O) groups excluding carboxylic acids is 1. The summed E-state index contributed by atoms with van der Waals surface area (Å²) in [5.74, 6) is -0.258. The highest BCUT2D eigenvalue weighted by atomic mass is 35.5. The summed E-state index contributed by atoms with van der Waals surface area (Å²) in [6, 6.07) is 4.56. The van der Waals surface area contributed by atoms with E-state index in [-0.39, 0.29) is 25.6 Å². The van der Waals surface area contributed by atoms with E-state index in [0.29, 0.717) is 10.0 Å². The van der Waals surface area contributed by atoms with Crippen molar-refractivity contribution < 1.29 is 19.4 Å². The first-order valence-electron chi connectivity index (χ1n) is 6.70. The molecule has 1 aromatic carbocycles. The zero-order valence-corrected chi connectivity index (χ0v) is 13.4. The van der Waals surface area contributed by atoms with Crippen LogP contribution >= 0.6 is 23.2 Å². The molecule has 6 nitrogen and oxygen atoms in total. The number of ether oxygens (including phenoxy) is 1. The number of carbonyl (C=O) groups is 2. The van der Waals surface area contributed by atoms with Crippen molar-refractivity contribution in [1.82, 2.24) is 10.2 Å². The van der Waals surface area contributed by atoms with E-state index in [1.165, 1.54) is 11.8 Å². The fourth-order valence-electron chi connectivity index (χ4n) is 2.40. The number of rotatable bonds is 2. The van der Waals surface area contributed by atoms with Crippen LogP contribution in [0.1, 0.15) is 18.6 Å². The lowest BCUT2D eigenvalue weighted by atomic mass is 10.0. The van der Waals surface area contributed by atoms with Crippen molar-refractivity contribution >= 4 is 35.2 Å². The standard InChI is InChI=1S/C14H16Cl2N2O4/c1-8(19)17-12-7-18(14(20)21)4-5-22-13(12)9-2-3-10(15)11(16)6-9/h2-3,6,12-13H,4-5,7H2,1H3,(H,17,19)(H,20,21)/t12-,13-/m0/s1. The Kier molecular flexibility index (Phi) is 5.50. The van der Waals surface area contributed by atoms with Crippen LogP contribution in [0.5, 0.6) is 0 Å². The van der Waals surface area contributed by atoms with E-state index in [4.69, 9.17) is 27.9 Å². The summed E-state index contributed by atoms with van der Waals surface area (Å²) in [4.78, 5) is 23.8. The van der Waals surface area contributed by atoms with Gasteiger partial charge in [-0.1, -0.05) is 29.3 Å². The maximum Gasteiger partial charge on any atom is 0.407 e. The molecule has 8 heteroatoms. The van der Waals surface area contributed by atoms with Gasteiger partial charge in [0.2, 0.25) is 5.91 Å². The molecule has 0 bridgehead atoms. The molecule has 120 valence electrons. The molecule has 1 aromatic rings. The number of nitrogens with zero attached hydrogens (tertiary/aromatic N) is 1. The van der Waals surface area contributed by atoms with Gasteiger partial charge in [0.05, 0.1) is 22.7 Å². The van der Waals surface area contributed by atoms with Crippen molar-refractivity contribution in [2.75, 3.05) is 19.7 Å². The third kappa shape index (κ3) is 4.03. The second-order valence-electron chi connectivity index (χ2n) is 5.00. The van der Waals surface area contributed by atoms with E-state index in [9.17, 15) is 14.7 Å². The summed E-state index contributed by atoms with van der Waals surface area (Å²) < 4.78 is 5.76. The maximum absolute atomic E-state index is 11.4. The molecular formula is C14H16Cl2N2O4. The monoisotopic (exact) mass is 346 g/mol. The molecule has 1 aliphatic rings. The number of hydrogen-bond acceptors (Lipinski definition) is 3. The first kappa shape index (κ1) is 16.9. The Bertz CT molecular complexity index is 582. The Labute approximate surface area is 137 Å². The molecule has 1 fully saturated rings. The molecule has 2 N–H and O–H groups in total. The molecule has 0 unspecified atom stereocenters. The smallest absolute Gasteiger partial charge is 0.407 e. The van der Waals surface area contributed by atoms with Gasteiger partial charge in [0.25, 0.3) is 0 Å². The van der Waals surface area contributed by atoms with Crippen molar-refractivity contribution in [3.05, 3.63) is 33.8 Å². The highest BCUT2D eigenvalue weighted by molar-refractivity contribution is 6.42. The highest BCUT2D eigenvalue weighted by Gasteiger charge is 2.32. The molecular weight excluding hydrogens is 331 g/mol. The Morgan fingerprint density at radius 3 is 2.68 bits per heavy atom. The van der Waals surface area contributed by atoms with Gasteiger partial charge in [0, 0.05) is 20.0 Å². The quantitative estimate of drug-likeness (QED) is 0.862. The Morgan fingerprint density at radius 1 is 1.36 bits per heavy atom. The van der Waals surface area contributed by atoms with E-state index in [1.54, 1.807) is 18.2 Å². The number of hydrogen-bond donors (Lipinski definition) is 2. The number of nitrogens with one attached hydrogen (secondary N) is 1. The second-order valence-corrected chi connectivity index (χ2v) is 5.81. The number of halogens is 2. The summed E-state index contributed by atoms with van der Waals surface area (Å²) >= 11 is 11.9. The van der Waals surface area contributed by atoms with Gasteiger partial charge in [-0.05, 0) is 17.7 Å². The van der Waals surface area contributed by atoms with Crippen LogP contribution in [0.2, 0.25) is 10.0 Å². The molecule has 22 heavy (non-hydrogen) atoms. The Balaban J connectivity index is 2.30. The van der Waals surface area contributed by atoms with Crippen LogP contribution in [-0.2, 0) is 9.53 Å². The fourth-order valence-corrected chi connectivity index (χ4v) is 2.71. The number of amides is 2. The summed E-state index contributed by atoms with van der Waals surface area (Å²) in [6.45, 7) is 1.98. The van der Waals surface area contributed by atoms with Gasteiger partial charge < -0.3 is 20.1 Å². The zero-order chi connectivity index (χ0) is 16.3. The molecule has 0 saturated carbocycles. The molecule has 0 radical (unpaired) electrons. The molecule has 1 heterocycles. The SMILES string of the molecule is CC(=O)N[C@H]1CN(C(=O)O)CCO[C@H]1c1ccc(Cl)c(Cl)c1. The molecule has 2 amide bonds. The van der Waals surface area contributed by atoms with Gasteiger partial charge in [-0.15, -0.1) is 0 Å². The average molecular weight is 347 g/mol. The zero-order valence-electron chi connectivity index (χ0n) is 11.9. The van der Waals surface area contributed by atoms with Gasteiger partial charge in [-0.2, -0.15) is 0 Å². The normalized spacial score (nSPS) is 22.0. The summed E-state index contributed by atoms with van der Waals surface area (Å²) in [5, 5.41) is 12.7. The Hall–Kier alpha value is -1.50. The number of carboxylic acid groups (broad SMARTS) is 1. The van der Waals surface area contributed by atoms with Crippen LogP contribution < -0.4 is 5.32 Å². The van der Waals surface area contributed by atoms with Crippen LogP contribution in [0.4, 0.5) is 4.79 Å². The Morgan fingerprint density at radius 2 is 2.09 bits per heavy atom. The van der Waals surface area contributed by atoms with E-state index in [0.717, 1.165) is 5.56 Å². The van der Waals surface area contributed by atoms with E-state index in [2.05, 4.69) is 5.32 Å². The summed E-state index contributed by atoms with van der Waals surface area (Å²) in [7, 11) is 0. The lowest BCUT2D eigenvalue weighted by Gasteiger charge is -2.27. The van der Waals surface area contributed by atoms with Crippen molar-refractivity contribution in [2.45, 2.75) is 19.1 Å². The largest absolute Gasteiger partial charge is 0.465 e. The van der Waals surface area contributed by atoms with Crippen molar-refractivity contribution in [3.8, 4) is 0 Å². The third-order valence-electron chi connectivity index (χ3n) is 3.37. The van der Waals surface area contributed by atoms with Crippen molar-refractivity contribution in [1.29, 1.82) is 0 Å². The molecule has 0 aromatic heterocycles. The van der Waals surface area contributed by atoms with Crippen LogP contribution in [0.15, 0.2) is 18.2 Å². The molecule has 2 rings (SSSR count). The third-order valence-corrected chi connectivity index (χ3v) is 4.11. The molecule has 1 aliphatic heterocycles. The second kappa shape index (κ2) is 7.17. The molecule has 0 spiro atoms. The minimum absolute atomic E-state index is 0.139. The lowest BCUT2D eigenvalue weighted by Crippen LogP contribution is -2.46. The van der Waals surface area contributed by atoms with Gasteiger partial charge in [-0.25, -0.2) is 4.79 Å². The van der Waals surface area contributed by atoms with E-state index >= 15 is 0 Å². The number of benzene rings is 1. The van der Waals surface area contributed by atoms with Gasteiger partial charge >= 0.3 is 6.09 Å². The molecule has 0 aliphatic carbocycles. The van der Waals surface area contributed by atoms with Gasteiger partial charge in [0.1, 0.15) is 6.10 Å². The fraction of sp³-hybridized carbons (Fsp3) is 0.429.